The van der Waals surface area contributed by atoms with Crippen LogP contribution in [0.4, 0.5) is 11.5 Å². The molecule has 30 heavy (non-hydrogen) atoms. The van der Waals surface area contributed by atoms with Gasteiger partial charge in [-0.05, 0) is 50.6 Å². The molecular weight excluding hydrogens is 382 g/mol. The van der Waals surface area contributed by atoms with Gasteiger partial charge in [0.2, 0.25) is 0 Å². The van der Waals surface area contributed by atoms with E-state index in [-0.39, 0.29) is 11.6 Å². The number of pyridine rings is 1. The number of aryl methyl sites for hydroxylation is 3. The highest BCUT2D eigenvalue weighted by Gasteiger charge is 2.17. The molecule has 2 aromatic carbocycles. The second-order valence-electron chi connectivity index (χ2n) is 7.11. The average molecular weight is 401 g/mol. The molecule has 2 aromatic heterocycles. The summed E-state index contributed by atoms with van der Waals surface area (Å²) in [5.41, 5.74) is 3.33. The van der Waals surface area contributed by atoms with Crippen LogP contribution >= 0.6 is 0 Å². The van der Waals surface area contributed by atoms with Crippen LogP contribution < -0.4 is 5.32 Å². The van der Waals surface area contributed by atoms with Crippen LogP contribution in [0.1, 0.15) is 27.2 Å². The van der Waals surface area contributed by atoms with Gasteiger partial charge in [-0.15, -0.1) is 0 Å². The van der Waals surface area contributed by atoms with E-state index in [4.69, 9.17) is 0 Å². The van der Waals surface area contributed by atoms with Crippen LogP contribution in [0.15, 0.2) is 54.6 Å². The van der Waals surface area contributed by atoms with Gasteiger partial charge in [0.05, 0.1) is 16.1 Å². The van der Waals surface area contributed by atoms with E-state index in [1.807, 2.05) is 44.2 Å². The average Bonchev–Trinajstić information content (AvgIpc) is 3.07. The van der Waals surface area contributed by atoms with Gasteiger partial charge in [-0.3, -0.25) is 14.9 Å². The number of fused-ring (bicyclic) bond motifs is 1. The number of anilines is 1. The Morgan fingerprint density at radius 3 is 2.53 bits per heavy atom. The number of carbonyl (C=O) groups excluding carboxylic acids is 1. The summed E-state index contributed by atoms with van der Waals surface area (Å²) in [7, 11) is 0. The Hall–Kier alpha value is -4.07. The number of benzene rings is 2. The fraction of sp³-hybridized carbons (Fsp3) is 0.136. The summed E-state index contributed by atoms with van der Waals surface area (Å²) < 4.78 is 1.59. The molecule has 2 heterocycles. The lowest BCUT2D eigenvalue weighted by Crippen LogP contribution is -2.16. The predicted octanol–water partition coefficient (Wildman–Crippen LogP) is 4.51. The van der Waals surface area contributed by atoms with Gasteiger partial charge in [-0.25, -0.2) is 4.98 Å². The molecule has 0 saturated heterocycles. The second kappa shape index (κ2) is 7.40. The normalized spacial score (nSPS) is 10.9. The van der Waals surface area contributed by atoms with Crippen molar-refractivity contribution in [2.45, 2.75) is 20.8 Å². The third-order valence-corrected chi connectivity index (χ3v) is 4.86. The van der Waals surface area contributed by atoms with Crippen molar-refractivity contribution in [3.8, 4) is 5.82 Å². The van der Waals surface area contributed by atoms with Gasteiger partial charge in [0.15, 0.2) is 5.82 Å². The zero-order valence-corrected chi connectivity index (χ0v) is 16.7. The highest BCUT2D eigenvalue weighted by atomic mass is 16.6. The van der Waals surface area contributed by atoms with Crippen LogP contribution in [-0.2, 0) is 0 Å². The lowest BCUT2D eigenvalue weighted by atomic mass is 10.1. The first kappa shape index (κ1) is 19.3. The SMILES string of the molecule is Cc1cc(NC(=O)c2ccc([N+](=O)[O-])c(C)c2)n(-c2cc(C)c3ccccc3n2)n1. The van der Waals surface area contributed by atoms with Crippen molar-refractivity contribution in [2.24, 2.45) is 0 Å². The van der Waals surface area contributed by atoms with E-state index in [0.717, 1.165) is 22.2 Å². The first-order chi connectivity index (χ1) is 14.3. The van der Waals surface area contributed by atoms with Crippen LogP contribution in [0.2, 0.25) is 0 Å². The number of nitrogens with one attached hydrogen (secondary N) is 1. The smallest absolute Gasteiger partial charge is 0.272 e. The van der Waals surface area contributed by atoms with Gasteiger partial charge < -0.3 is 5.32 Å². The molecule has 0 aliphatic carbocycles. The molecule has 0 aliphatic rings. The van der Waals surface area contributed by atoms with Gasteiger partial charge in [0, 0.05) is 28.6 Å². The van der Waals surface area contributed by atoms with Crippen molar-refractivity contribution in [3.63, 3.8) is 0 Å². The molecule has 8 nitrogen and oxygen atoms in total. The number of hydrogen-bond donors (Lipinski definition) is 1. The lowest BCUT2D eigenvalue weighted by Gasteiger charge is -2.11. The lowest BCUT2D eigenvalue weighted by molar-refractivity contribution is -0.385. The van der Waals surface area contributed by atoms with Gasteiger partial charge >= 0.3 is 0 Å². The molecule has 4 rings (SSSR count). The predicted molar refractivity (Wildman–Crippen MR) is 114 cm³/mol. The fourth-order valence-electron chi connectivity index (χ4n) is 3.39. The highest BCUT2D eigenvalue weighted by Crippen LogP contribution is 2.24. The Morgan fingerprint density at radius 2 is 1.80 bits per heavy atom. The summed E-state index contributed by atoms with van der Waals surface area (Å²) in [6, 6.07) is 15.8. The molecule has 0 saturated carbocycles. The summed E-state index contributed by atoms with van der Waals surface area (Å²) in [5, 5.41) is 19.4. The van der Waals surface area contributed by atoms with E-state index in [1.54, 1.807) is 17.7 Å². The molecule has 1 N–H and O–H groups in total. The summed E-state index contributed by atoms with van der Waals surface area (Å²) >= 11 is 0. The molecule has 8 heteroatoms. The minimum atomic E-state index is -0.469. The number of aromatic nitrogens is 3. The van der Waals surface area contributed by atoms with E-state index in [1.165, 1.54) is 18.2 Å². The van der Waals surface area contributed by atoms with Crippen molar-refractivity contribution in [2.75, 3.05) is 5.32 Å². The van der Waals surface area contributed by atoms with E-state index < -0.39 is 4.92 Å². The molecule has 0 radical (unpaired) electrons. The van der Waals surface area contributed by atoms with Crippen LogP contribution in [0.25, 0.3) is 16.7 Å². The monoisotopic (exact) mass is 401 g/mol. The molecule has 150 valence electrons. The van der Waals surface area contributed by atoms with E-state index in [9.17, 15) is 14.9 Å². The molecule has 4 aromatic rings. The Balaban J connectivity index is 1.70. The van der Waals surface area contributed by atoms with Crippen LogP contribution in [-0.4, -0.2) is 25.6 Å². The second-order valence-corrected chi connectivity index (χ2v) is 7.11. The Labute approximate surface area is 172 Å². The minimum absolute atomic E-state index is 0.0247. The first-order valence-corrected chi connectivity index (χ1v) is 9.33. The van der Waals surface area contributed by atoms with E-state index in [2.05, 4.69) is 15.4 Å². The Kier molecular flexibility index (Phi) is 4.75. The Morgan fingerprint density at radius 1 is 1.03 bits per heavy atom. The van der Waals surface area contributed by atoms with Crippen molar-refractivity contribution >= 4 is 28.3 Å². The third kappa shape index (κ3) is 3.50. The number of hydrogen-bond acceptors (Lipinski definition) is 5. The maximum Gasteiger partial charge on any atom is 0.272 e. The Bertz CT molecular complexity index is 1310. The quantitative estimate of drug-likeness (QED) is 0.400. The molecule has 0 unspecified atom stereocenters. The zero-order chi connectivity index (χ0) is 21.4. The minimum Gasteiger partial charge on any atom is -0.306 e. The van der Waals surface area contributed by atoms with Crippen molar-refractivity contribution < 1.29 is 9.72 Å². The largest absolute Gasteiger partial charge is 0.306 e. The van der Waals surface area contributed by atoms with Crippen molar-refractivity contribution in [1.82, 2.24) is 14.8 Å². The van der Waals surface area contributed by atoms with Gasteiger partial charge in [-0.1, -0.05) is 18.2 Å². The molecule has 0 bridgehead atoms. The maximum absolute atomic E-state index is 12.8. The number of carbonyl (C=O) groups is 1. The highest BCUT2D eigenvalue weighted by molar-refractivity contribution is 6.04. The number of nitro groups is 1. The molecule has 0 fully saturated rings. The number of nitro benzene ring substituents is 1. The summed E-state index contributed by atoms with van der Waals surface area (Å²) in [4.78, 5) is 28.0. The van der Waals surface area contributed by atoms with Crippen LogP contribution in [0, 0.1) is 30.9 Å². The maximum atomic E-state index is 12.8. The summed E-state index contributed by atoms with van der Waals surface area (Å²) in [6.07, 6.45) is 0. The summed E-state index contributed by atoms with van der Waals surface area (Å²) in [5.74, 6) is 0.678. The number of nitrogens with zero attached hydrogens (tertiary/aromatic N) is 4. The number of rotatable bonds is 4. The summed E-state index contributed by atoms with van der Waals surface area (Å²) in [6.45, 7) is 5.43. The van der Waals surface area contributed by atoms with Crippen molar-refractivity contribution in [1.29, 1.82) is 0 Å². The molecule has 1 amide bonds. The number of para-hydroxylation sites is 1. The van der Waals surface area contributed by atoms with E-state index >= 15 is 0 Å². The zero-order valence-electron chi connectivity index (χ0n) is 16.7. The standard InChI is InChI=1S/C22H19N5O3/c1-13-11-20(23-18-7-5-4-6-17(13)18)26-21(12-15(3)25-26)24-22(28)16-8-9-19(27(29)30)14(2)10-16/h4-12H,1-3H3,(H,24,28). The molecule has 0 spiro atoms. The molecular formula is C22H19N5O3. The number of amides is 1. The van der Waals surface area contributed by atoms with Crippen molar-refractivity contribution in [3.05, 3.63) is 87.1 Å². The van der Waals surface area contributed by atoms with Crippen LogP contribution in [0.5, 0.6) is 0 Å². The molecule has 0 aliphatic heterocycles. The third-order valence-electron chi connectivity index (χ3n) is 4.86. The van der Waals surface area contributed by atoms with Gasteiger partial charge in [0.25, 0.3) is 11.6 Å². The molecule has 0 atom stereocenters. The first-order valence-electron chi connectivity index (χ1n) is 9.33. The van der Waals surface area contributed by atoms with E-state index in [0.29, 0.717) is 22.8 Å². The topological polar surface area (TPSA) is 103 Å². The fourth-order valence-corrected chi connectivity index (χ4v) is 3.39. The van der Waals surface area contributed by atoms with Gasteiger partial charge in [0.1, 0.15) is 5.82 Å². The van der Waals surface area contributed by atoms with Gasteiger partial charge in [-0.2, -0.15) is 9.78 Å². The van der Waals surface area contributed by atoms with Crippen LogP contribution in [0.3, 0.4) is 0 Å².